The molecule has 94 valence electrons. The number of aryl methyl sites for hydroxylation is 2. The van der Waals surface area contributed by atoms with E-state index in [0.717, 1.165) is 25.2 Å². The van der Waals surface area contributed by atoms with Crippen LogP contribution in [0.4, 0.5) is 0 Å². The van der Waals surface area contributed by atoms with Crippen molar-refractivity contribution in [3.8, 4) is 0 Å². The molecule has 1 aliphatic rings. The molecular weight excluding hydrogens is 246 g/mol. The second kappa shape index (κ2) is 4.73. The van der Waals surface area contributed by atoms with Gasteiger partial charge < -0.3 is 4.57 Å². The number of aromatic nitrogens is 3. The maximum absolute atomic E-state index is 5.93. The van der Waals surface area contributed by atoms with Gasteiger partial charge in [-0.2, -0.15) is 0 Å². The zero-order valence-electron chi connectivity index (χ0n) is 10.5. The molecule has 0 amide bonds. The third-order valence-electron chi connectivity index (χ3n) is 3.56. The first-order valence-electron chi connectivity index (χ1n) is 6.39. The van der Waals surface area contributed by atoms with Crippen LogP contribution in [0.1, 0.15) is 35.6 Å². The lowest BCUT2D eigenvalue weighted by molar-refractivity contribution is 0.624. The standard InChI is InChI=1S/C14H16ClN3/c1-10-17-12-4-2-3-5-13(12)18(10)9-11-6-7-16-14(15)8-11/h6-8H,2-5,9H2,1H3. The molecule has 3 nitrogen and oxygen atoms in total. The van der Waals surface area contributed by atoms with Gasteiger partial charge in [-0.15, -0.1) is 0 Å². The second-order valence-corrected chi connectivity index (χ2v) is 5.22. The molecule has 1 aliphatic carbocycles. The van der Waals surface area contributed by atoms with Gasteiger partial charge in [0.2, 0.25) is 0 Å². The number of nitrogens with zero attached hydrogens (tertiary/aromatic N) is 3. The van der Waals surface area contributed by atoms with Crippen LogP contribution in [-0.2, 0) is 19.4 Å². The SMILES string of the molecule is Cc1nc2c(n1Cc1ccnc(Cl)c1)CCCC2. The number of fused-ring (bicyclic) bond motifs is 1. The highest BCUT2D eigenvalue weighted by atomic mass is 35.5. The summed E-state index contributed by atoms with van der Waals surface area (Å²) in [6.45, 7) is 2.93. The van der Waals surface area contributed by atoms with Gasteiger partial charge in [-0.1, -0.05) is 11.6 Å². The fourth-order valence-corrected chi connectivity index (χ4v) is 2.87. The minimum atomic E-state index is 0.555. The van der Waals surface area contributed by atoms with Crippen LogP contribution in [0.15, 0.2) is 18.3 Å². The zero-order valence-corrected chi connectivity index (χ0v) is 11.2. The lowest BCUT2D eigenvalue weighted by Crippen LogP contribution is -2.10. The van der Waals surface area contributed by atoms with E-state index in [1.54, 1.807) is 6.20 Å². The summed E-state index contributed by atoms with van der Waals surface area (Å²) in [5, 5.41) is 0.555. The highest BCUT2D eigenvalue weighted by Crippen LogP contribution is 2.23. The van der Waals surface area contributed by atoms with Crippen molar-refractivity contribution in [3.63, 3.8) is 0 Å². The molecule has 3 rings (SSSR count). The van der Waals surface area contributed by atoms with Gasteiger partial charge in [0.15, 0.2) is 0 Å². The molecule has 0 unspecified atom stereocenters. The van der Waals surface area contributed by atoms with Gasteiger partial charge in [0.1, 0.15) is 11.0 Å². The quantitative estimate of drug-likeness (QED) is 0.778. The Hall–Kier alpha value is -1.35. The van der Waals surface area contributed by atoms with Crippen molar-refractivity contribution in [3.05, 3.63) is 46.3 Å². The van der Waals surface area contributed by atoms with Crippen LogP contribution in [0.3, 0.4) is 0 Å². The molecule has 0 aliphatic heterocycles. The zero-order chi connectivity index (χ0) is 12.5. The van der Waals surface area contributed by atoms with Gasteiger partial charge >= 0.3 is 0 Å². The van der Waals surface area contributed by atoms with Crippen LogP contribution in [0.5, 0.6) is 0 Å². The molecule has 0 radical (unpaired) electrons. The van der Waals surface area contributed by atoms with Gasteiger partial charge in [-0.25, -0.2) is 9.97 Å². The summed E-state index contributed by atoms with van der Waals surface area (Å²) < 4.78 is 2.32. The van der Waals surface area contributed by atoms with Gasteiger partial charge in [-0.05, 0) is 50.3 Å². The lowest BCUT2D eigenvalue weighted by Gasteiger charge is -2.14. The van der Waals surface area contributed by atoms with Crippen molar-refractivity contribution in [2.75, 3.05) is 0 Å². The number of hydrogen-bond donors (Lipinski definition) is 0. The molecule has 0 bridgehead atoms. The second-order valence-electron chi connectivity index (χ2n) is 4.83. The van der Waals surface area contributed by atoms with Gasteiger partial charge in [-0.3, -0.25) is 0 Å². The average Bonchev–Trinajstić information content (AvgIpc) is 2.66. The Bertz CT molecular complexity index is 574. The predicted octanol–water partition coefficient (Wildman–Crippen LogP) is 3.17. The maximum atomic E-state index is 5.93. The fourth-order valence-electron chi connectivity index (χ4n) is 2.67. The van der Waals surface area contributed by atoms with Gasteiger partial charge in [0.05, 0.1) is 5.69 Å². The van der Waals surface area contributed by atoms with E-state index >= 15 is 0 Å². The van der Waals surface area contributed by atoms with Crippen molar-refractivity contribution < 1.29 is 0 Å². The topological polar surface area (TPSA) is 30.7 Å². The molecule has 2 aromatic rings. The monoisotopic (exact) mass is 261 g/mol. The molecule has 4 heteroatoms. The number of hydrogen-bond acceptors (Lipinski definition) is 2. The van der Waals surface area contributed by atoms with E-state index in [4.69, 9.17) is 11.6 Å². The van der Waals surface area contributed by atoms with Crippen LogP contribution in [0.2, 0.25) is 5.15 Å². The molecule has 0 aromatic carbocycles. The molecule has 2 aromatic heterocycles. The Labute approximate surface area is 112 Å². The average molecular weight is 262 g/mol. The molecule has 0 atom stereocenters. The van der Waals surface area contributed by atoms with Crippen molar-refractivity contribution in [2.45, 2.75) is 39.2 Å². The van der Waals surface area contributed by atoms with E-state index in [9.17, 15) is 0 Å². The van der Waals surface area contributed by atoms with Crippen LogP contribution < -0.4 is 0 Å². The van der Waals surface area contributed by atoms with Crippen molar-refractivity contribution >= 4 is 11.6 Å². The largest absolute Gasteiger partial charge is 0.328 e. The number of rotatable bonds is 2. The lowest BCUT2D eigenvalue weighted by atomic mass is 10.0. The van der Waals surface area contributed by atoms with Crippen LogP contribution in [0.25, 0.3) is 0 Å². The van der Waals surface area contributed by atoms with Crippen molar-refractivity contribution in [2.24, 2.45) is 0 Å². The summed E-state index contributed by atoms with van der Waals surface area (Å²) in [4.78, 5) is 8.70. The minimum Gasteiger partial charge on any atom is -0.328 e. The number of imidazole rings is 1. The third kappa shape index (κ3) is 2.15. The van der Waals surface area contributed by atoms with Crippen molar-refractivity contribution in [1.29, 1.82) is 0 Å². The molecule has 0 saturated carbocycles. The third-order valence-corrected chi connectivity index (χ3v) is 3.76. The fraction of sp³-hybridized carbons (Fsp3) is 0.429. The molecule has 2 heterocycles. The van der Waals surface area contributed by atoms with Crippen LogP contribution >= 0.6 is 11.6 Å². The summed E-state index contributed by atoms with van der Waals surface area (Å²) in [6.07, 6.45) is 6.57. The van der Waals surface area contributed by atoms with Gasteiger partial charge in [0.25, 0.3) is 0 Å². The van der Waals surface area contributed by atoms with E-state index in [0.29, 0.717) is 5.15 Å². The Balaban J connectivity index is 1.95. The van der Waals surface area contributed by atoms with E-state index in [1.165, 1.54) is 29.8 Å². The predicted molar refractivity (Wildman–Crippen MR) is 72.0 cm³/mol. The number of halogens is 1. The molecule has 0 N–H and O–H groups in total. The summed E-state index contributed by atoms with van der Waals surface area (Å²) in [5.41, 5.74) is 3.88. The Morgan fingerprint density at radius 3 is 3.00 bits per heavy atom. The van der Waals surface area contributed by atoms with Crippen molar-refractivity contribution in [1.82, 2.24) is 14.5 Å². The Kier molecular flexibility index (Phi) is 3.08. The first kappa shape index (κ1) is 11.7. The van der Waals surface area contributed by atoms with E-state index in [-0.39, 0.29) is 0 Å². The minimum absolute atomic E-state index is 0.555. The van der Waals surface area contributed by atoms with Crippen LogP contribution in [-0.4, -0.2) is 14.5 Å². The molecular formula is C14H16ClN3. The summed E-state index contributed by atoms with van der Waals surface area (Å²) in [5.74, 6) is 1.11. The highest BCUT2D eigenvalue weighted by molar-refractivity contribution is 6.29. The molecule has 18 heavy (non-hydrogen) atoms. The summed E-state index contributed by atoms with van der Waals surface area (Å²) in [7, 11) is 0. The molecule has 0 fully saturated rings. The smallest absolute Gasteiger partial charge is 0.129 e. The maximum Gasteiger partial charge on any atom is 0.129 e. The van der Waals surface area contributed by atoms with E-state index in [2.05, 4.69) is 21.5 Å². The normalized spacial score (nSPS) is 14.6. The summed E-state index contributed by atoms with van der Waals surface area (Å²) >= 11 is 5.93. The molecule has 0 saturated heterocycles. The first-order chi connectivity index (χ1) is 8.74. The first-order valence-corrected chi connectivity index (χ1v) is 6.77. The van der Waals surface area contributed by atoms with E-state index in [1.807, 2.05) is 12.1 Å². The van der Waals surface area contributed by atoms with E-state index < -0.39 is 0 Å². The molecule has 0 spiro atoms. The number of pyridine rings is 1. The summed E-state index contributed by atoms with van der Waals surface area (Å²) in [6, 6.07) is 3.94. The Morgan fingerprint density at radius 2 is 2.17 bits per heavy atom. The van der Waals surface area contributed by atoms with Gasteiger partial charge in [0, 0.05) is 18.4 Å². The highest BCUT2D eigenvalue weighted by Gasteiger charge is 2.17. The Morgan fingerprint density at radius 1 is 1.33 bits per heavy atom. The van der Waals surface area contributed by atoms with Crippen LogP contribution in [0, 0.1) is 6.92 Å².